The van der Waals surface area contributed by atoms with Crippen molar-refractivity contribution in [1.29, 1.82) is 0 Å². The molecule has 0 aliphatic rings. The Morgan fingerprint density at radius 1 is 0.974 bits per heavy atom. The molecule has 5 heteroatoms. The Morgan fingerprint density at radius 3 is 2.18 bits per heavy atom. The first-order valence-corrected chi connectivity index (χ1v) is 20.4. The number of rotatable bonds is 4. The van der Waals surface area contributed by atoms with Gasteiger partial charge in [-0.25, -0.2) is 0 Å². The van der Waals surface area contributed by atoms with E-state index in [1.165, 1.54) is 47.6 Å². The van der Waals surface area contributed by atoms with Gasteiger partial charge in [-0.2, -0.15) is 0 Å². The average Bonchev–Trinajstić information content (AvgIpc) is 2.81. The van der Waals surface area contributed by atoms with Crippen LogP contribution in [0.5, 0.6) is 0 Å². The van der Waals surface area contributed by atoms with E-state index in [1.807, 2.05) is 6.20 Å². The molecule has 0 spiro atoms. The molecule has 0 saturated carbocycles. The minimum absolute atomic E-state index is 0. The van der Waals surface area contributed by atoms with Crippen LogP contribution in [0.2, 0.25) is 17.3 Å². The molecule has 1 aromatic heterocycles. The molecule has 4 rings (SSSR count). The molecule has 0 fully saturated rings. The van der Waals surface area contributed by atoms with Crippen LogP contribution >= 0.6 is 0 Å². The first-order chi connectivity index (χ1) is 17.7. The molecule has 0 unspecified atom stereocenters. The SMILES string of the molecule is CC(=O)/C=C(/C)O.Cc1c[c]([Ge]([CH3])([CH3])[CH3])ccc1-c1ccnc(-c2[c-]c3ccccc3c(C(C)(C)C)c2)c1.[Ir]. The van der Waals surface area contributed by atoms with Crippen molar-refractivity contribution in [1.82, 2.24) is 4.98 Å². The van der Waals surface area contributed by atoms with Gasteiger partial charge in [-0.05, 0) is 13.8 Å². The van der Waals surface area contributed by atoms with Crippen molar-refractivity contribution in [3.8, 4) is 22.4 Å². The number of hydrogen-bond acceptors (Lipinski definition) is 3. The Bertz CT molecular complexity index is 1490. The molecule has 0 bridgehead atoms. The number of aliphatic hydroxyl groups excluding tert-OH is 1. The minimum atomic E-state index is -1.83. The topological polar surface area (TPSA) is 50.2 Å². The molecule has 1 N–H and O–H groups in total. The molecular formula is C34H40GeIrNO2-. The van der Waals surface area contributed by atoms with Gasteiger partial charge in [0.2, 0.25) is 0 Å². The number of fused-ring (bicyclic) bond motifs is 1. The van der Waals surface area contributed by atoms with E-state index in [0.717, 1.165) is 16.6 Å². The smallest absolute Gasteiger partial charge is 0 e. The number of nitrogens with zero attached hydrogens (tertiary/aromatic N) is 1. The standard InChI is InChI=1S/C29H32GeN.C5H8O2.Ir/c1-20-16-24(30(5,6)7)12-13-25(20)22-14-15-31-28(19-22)23-17-21-10-8-9-11-26(21)27(18-23)29(2,3)4;1-4(6)3-5(2)7;/h8-16,18-19H,1-7H3;3,6H,1-2H3;/q-1;;/b;4-3-;. The summed E-state index contributed by atoms with van der Waals surface area (Å²) < 4.78 is 1.55. The molecule has 0 amide bonds. The van der Waals surface area contributed by atoms with E-state index >= 15 is 0 Å². The Morgan fingerprint density at radius 2 is 1.64 bits per heavy atom. The minimum Gasteiger partial charge on any atom is 0 e. The van der Waals surface area contributed by atoms with Crippen LogP contribution in [0.15, 0.2) is 78.7 Å². The normalized spacial score (nSPS) is 11.9. The predicted octanol–water partition coefficient (Wildman–Crippen LogP) is 8.55. The largest absolute Gasteiger partial charge is 0 e. The van der Waals surface area contributed by atoms with Gasteiger partial charge in [0.25, 0.3) is 0 Å². The monoisotopic (exact) mass is 761 g/mol. The van der Waals surface area contributed by atoms with Gasteiger partial charge >= 0.3 is 184 Å². The Labute approximate surface area is 250 Å². The summed E-state index contributed by atoms with van der Waals surface area (Å²) >= 11 is -1.83. The van der Waals surface area contributed by atoms with Gasteiger partial charge in [0.1, 0.15) is 0 Å². The number of ketones is 1. The van der Waals surface area contributed by atoms with Crippen LogP contribution in [0.1, 0.15) is 45.7 Å². The quantitative estimate of drug-likeness (QED) is 0.0983. The molecule has 0 aliphatic heterocycles. The van der Waals surface area contributed by atoms with Crippen LogP contribution < -0.4 is 4.40 Å². The number of aliphatic hydroxyl groups is 1. The fourth-order valence-electron chi connectivity index (χ4n) is 4.48. The Kier molecular flexibility index (Phi) is 11.1. The summed E-state index contributed by atoms with van der Waals surface area (Å²) in [5, 5.41) is 10.8. The predicted molar refractivity (Wildman–Crippen MR) is 165 cm³/mol. The van der Waals surface area contributed by atoms with Crippen molar-refractivity contribution in [2.24, 2.45) is 0 Å². The maximum Gasteiger partial charge on any atom is 0 e. The molecular weight excluding hydrogens is 719 g/mol. The zero-order chi connectivity index (χ0) is 28.3. The van der Waals surface area contributed by atoms with Crippen LogP contribution in [0.25, 0.3) is 33.2 Å². The number of aromatic nitrogens is 1. The van der Waals surface area contributed by atoms with Crippen molar-refractivity contribution in [3.05, 3.63) is 95.9 Å². The first kappa shape index (κ1) is 32.7. The van der Waals surface area contributed by atoms with Gasteiger partial charge in [0.15, 0.2) is 5.78 Å². The van der Waals surface area contributed by atoms with Crippen molar-refractivity contribution < 1.29 is 30.0 Å². The van der Waals surface area contributed by atoms with E-state index < -0.39 is 13.3 Å². The molecule has 0 saturated heterocycles. The van der Waals surface area contributed by atoms with Gasteiger partial charge in [-0.1, -0.05) is 6.07 Å². The van der Waals surface area contributed by atoms with Gasteiger partial charge in [0.05, 0.1) is 5.76 Å². The summed E-state index contributed by atoms with van der Waals surface area (Å²) in [6, 6.07) is 25.8. The second-order valence-electron chi connectivity index (χ2n) is 12.0. The molecule has 1 heterocycles. The van der Waals surface area contributed by atoms with E-state index in [9.17, 15) is 4.79 Å². The molecule has 0 aliphatic carbocycles. The van der Waals surface area contributed by atoms with Crippen molar-refractivity contribution in [3.63, 3.8) is 0 Å². The van der Waals surface area contributed by atoms with Crippen LogP contribution in [0.4, 0.5) is 0 Å². The molecule has 39 heavy (non-hydrogen) atoms. The number of benzene rings is 3. The van der Waals surface area contributed by atoms with Gasteiger partial charge in [-0.15, -0.1) is 0 Å². The molecule has 3 aromatic carbocycles. The van der Waals surface area contributed by atoms with E-state index in [1.54, 1.807) is 4.40 Å². The van der Waals surface area contributed by atoms with Gasteiger partial charge < -0.3 is 5.11 Å². The number of allylic oxidation sites excluding steroid dienone is 2. The molecule has 4 aromatic rings. The van der Waals surface area contributed by atoms with E-state index in [4.69, 9.17) is 10.1 Å². The number of carbonyl (C=O) groups is 1. The number of aryl methyl sites for hydroxylation is 1. The zero-order valence-corrected chi connectivity index (χ0v) is 29.1. The fourth-order valence-corrected chi connectivity index (χ4v) is 7.07. The van der Waals surface area contributed by atoms with E-state index in [2.05, 4.69) is 112 Å². The summed E-state index contributed by atoms with van der Waals surface area (Å²) in [5.41, 5.74) is 7.26. The third-order valence-corrected chi connectivity index (χ3v) is 10.7. The summed E-state index contributed by atoms with van der Waals surface area (Å²) in [6.45, 7) is 11.9. The van der Waals surface area contributed by atoms with Gasteiger partial charge in [0, 0.05) is 26.2 Å². The second-order valence-corrected chi connectivity index (χ2v) is 22.7. The molecule has 1 radical (unpaired) electrons. The van der Waals surface area contributed by atoms with Crippen LogP contribution in [0.3, 0.4) is 0 Å². The summed E-state index contributed by atoms with van der Waals surface area (Å²) in [5.74, 6) is 7.27. The molecule has 207 valence electrons. The molecule has 0 atom stereocenters. The Hall–Kier alpha value is -2.53. The van der Waals surface area contributed by atoms with E-state index in [0.29, 0.717) is 0 Å². The number of hydrogen-bond donors (Lipinski definition) is 1. The van der Waals surface area contributed by atoms with Crippen LogP contribution in [-0.4, -0.2) is 29.1 Å². The number of carbonyl (C=O) groups excluding carboxylic acids is 1. The third kappa shape index (κ3) is 8.73. The van der Waals surface area contributed by atoms with E-state index in [-0.39, 0.29) is 37.1 Å². The van der Waals surface area contributed by atoms with Crippen LogP contribution in [0, 0.1) is 13.0 Å². The summed E-state index contributed by atoms with van der Waals surface area (Å²) in [7, 11) is 0. The Balaban J connectivity index is 0.000000592. The third-order valence-electron chi connectivity index (χ3n) is 6.43. The fraction of sp³-hybridized carbons (Fsp3) is 0.294. The number of pyridine rings is 1. The second kappa shape index (κ2) is 13.2. The maximum absolute atomic E-state index is 10.0. The van der Waals surface area contributed by atoms with Crippen molar-refractivity contribution in [2.75, 3.05) is 0 Å². The average molecular weight is 760 g/mol. The van der Waals surface area contributed by atoms with Crippen molar-refractivity contribution >= 4 is 34.2 Å². The molecule has 3 nitrogen and oxygen atoms in total. The van der Waals surface area contributed by atoms with Crippen LogP contribution in [-0.2, 0) is 30.3 Å². The summed E-state index contributed by atoms with van der Waals surface area (Å²) in [4.78, 5) is 14.7. The van der Waals surface area contributed by atoms with Crippen molar-refractivity contribution in [2.45, 2.75) is 64.2 Å². The van der Waals surface area contributed by atoms with Gasteiger partial charge in [-0.3, -0.25) is 4.79 Å². The summed E-state index contributed by atoms with van der Waals surface area (Å²) in [6.07, 6.45) is 3.10. The first-order valence-electron chi connectivity index (χ1n) is 13.1. The zero-order valence-electron chi connectivity index (χ0n) is 24.6. The maximum atomic E-state index is 10.0.